The van der Waals surface area contributed by atoms with E-state index in [9.17, 15) is 24.0 Å². The van der Waals surface area contributed by atoms with Crippen LogP contribution in [0, 0.1) is 13.8 Å². The summed E-state index contributed by atoms with van der Waals surface area (Å²) in [4.78, 5) is 60.1. The van der Waals surface area contributed by atoms with Crippen LogP contribution < -0.4 is 21.8 Å². The maximum atomic E-state index is 12.4. The van der Waals surface area contributed by atoms with Crippen LogP contribution in [0.5, 0.6) is 0 Å². The topological polar surface area (TPSA) is 139 Å². The van der Waals surface area contributed by atoms with Gasteiger partial charge in [0.2, 0.25) is 0 Å². The molecule has 0 bridgehead atoms. The first-order valence-corrected chi connectivity index (χ1v) is 9.30. The highest BCUT2D eigenvalue weighted by Gasteiger charge is 2.14. The SMILES string of the molecule is Cc1ccc(NC(=O)NC(=O)COC(=O)Cn2[nH]c(=O)c3ccccc3c2=O)cc1C. The fraction of sp³-hybridized carbons (Fsp3) is 0.190. The molecule has 0 unspecified atom stereocenters. The van der Waals surface area contributed by atoms with Crippen LogP contribution in [-0.4, -0.2) is 34.3 Å². The average Bonchev–Trinajstić information content (AvgIpc) is 2.73. The molecular weight excluding hydrogens is 404 g/mol. The van der Waals surface area contributed by atoms with E-state index in [1.165, 1.54) is 12.1 Å². The lowest BCUT2D eigenvalue weighted by Crippen LogP contribution is -2.38. The number of amides is 3. The smallest absolute Gasteiger partial charge is 0.328 e. The van der Waals surface area contributed by atoms with E-state index in [1.807, 2.05) is 25.2 Å². The van der Waals surface area contributed by atoms with Crippen LogP contribution in [-0.2, 0) is 20.9 Å². The average molecular weight is 424 g/mol. The predicted molar refractivity (Wildman–Crippen MR) is 113 cm³/mol. The van der Waals surface area contributed by atoms with Gasteiger partial charge in [-0.2, -0.15) is 0 Å². The number of fused-ring (bicyclic) bond motifs is 1. The Hall–Kier alpha value is -4.21. The normalized spacial score (nSPS) is 10.5. The van der Waals surface area contributed by atoms with E-state index in [4.69, 9.17) is 4.74 Å². The molecule has 3 rings (SSSR count). The zero-order valence-corrected chi connectivity index (χ0v) is 16.9. The number of urea groups is 1. The molecule has 160 valence electrons. The molecule has 0 aliphatic heterocycles. The molecule has 3 amide bonds. The summed E-state index contributed by atoms with van der Waals surface area (Å²) < 4.78 is 5.59. The molecule has 0 saturated heterocycles. The standard InChI is InChI=1S/C21H20N4O6/c1-12-7-8-14(9-13(12)2)22-21(30)23-17(26)11-31-18(27)10-25-20(29)16-6-4-3-5-15(16)19(28)24-25/h3-9H,10-11H2,1-2H3,(H,24,28)(H2,22,23,26,30). The lowest BCUT2D eigenvalue weighted by Gasteiger charge is -2.10. The van der Waals surface area contributed by atoms with Gasteiger partial charge in [-0.25, -0.2) is 9.48 Å². The van der Waals surface area contributed by atoms with Gasteiger partial charge in [0.15, 0.2) is 6.61 Å². The van der Waals surface area contributed by atoms with Gasteiger partial charge in [-0.1, -0.05) is 18.2 Å². The largest absolute Gasteiger partial charge is 0.454 e. The van der Waals surface area contributed by atoms with E-state index < -0.39 is 42.2 Å². The number of ether oxygens (including phenoxy) is 1. The van der Waals surface area contributed by atoms with Crippen molar-refractivity contribution in [1.82, 2.24) is 15.1 Å². The molecule has 31 heavy (non-hydrogen) atoms. The van der Waals surface area contributed by atoms with E-state index >= 15 is 0 Å². The molecular formula is C21H20N4O6. The van der Waals surface area contributed by atoms with E-state index in [0.717, 1.165) is 15.8 Å². The van der Waals surface area contributed by atoms with Crippen molar-refractivity contribution < 1.29 is 19.1 Å². The van der Waals surface area contributed by atoms with Crippen molar-refractivity contribution in [2.24, 2.45) is 0 Å². The molecule has 0 radical (unpaired) electrons. The van der Waals surface area contributed by atoms with Gasteiger partial charge in [0, 0.05) is 5.69 Å². The van der Waals surface area contributed by atoms with Gasteiger partial charge in [-0.15, -0.1) is 0 Å². The van der Waals surface area contributed by atoms with Gasteiger partial charge in [-0.3, -0.25) is 29.6 Å². The van der Waals surface area contributed by atoms with Crippen LogP contribution in [0.25, 0.3) is 10.8 Å². The first kappa shape index (κ1) is 21.5. The highest BCUT2D eigenvalue weighted by molar-refractivity contribution is 6.01. The molecule has 0 aliphatic carbocycles. The Balaban J connectivity index is 1.54. The van der Waals surface area contributed by atoms with E-state index in [2.05, 4.69) is 10.4 Å². The third-order valence-corrected chi connectivity index (χ3v) is 4.55. The molecule has 1 heterocycles. The number of aryl methyl sites for hydroxylation is 2. The second-order valence-electron chi connectivity index (χ2n) is 6.84. The maximum Gasteiger partial charge on any atom is 0.328 e. The van der Waals surface area contributed by atoms with Crippen LogP contribution in [0.4, 0.5) is 10.5 Å². The quantitative estimate of drug-likeness (QED) is 0.526. The third-order valence-electron chi connectivity index (χ3n) is 4.55. The summed E-state index contributed by atoms with van der Waals surface area (Å²) in [6.07, 6.45) is 0. The summed E-state index contributed by atoms with van der Waals surface area (Å²) in [6, 6.07) is 10.7. The van der Waals surface area contributed by atoms with E-state index in [1.54, 1.807) is 24.3 Å². The summed E-state index contributed by atoms with van der Waals surface area (Å²) in [7, 11) is 0. The van der Waals surface area contributed by atoms with Crippen LogP contribution >= 0.6 is 0 Å². The van der Waals surface area contributed by atoms with Crippen molar-refractivity contribution >= 4 is 34.4 Å². The molecule has 3 N–H and O–H groups in total. The second-order valence-corrected chi connectivity index (χ2v) is 6.84. The number of carbonyl (C=O) groups excluding carboxylic acids is 3. The summed E-state index contributed by atoms with van der Waals surface area (Å²) in [5.74, 6) is -1.79. The number of H-pyrrole nitrogens is 1. The minimum absolute atomic E-state index is 0.153. The summed E-state index contributed by atoms with van der Waals surface area (Å²) in [5, 5.41) is 7.18. The van der Waals surface area contributed by atoms with Gasteiger partial charge in [0.1, 0.15) is 6.54 Å². The predicted octanol–water partition coefficient (Wildman–Crippen LogP) is 1.20. The van der Waals surface area contributed by atoms with Crippen molar-refractivity contribution in [1.29, 1.82) is 0 Å². The Morgan fingerprint density at radius 1 is 1.00 bits per heavy atom. The fourth-order valence-electron chi connectivity index (χ4n) is 2.82. The summed E-state index contributed by atoms with van der Waals surface area (Å²) in [6.45, 7) is 2.49. The Morgan fingerprint density at radius 3 is 2.42 bits per heavy atom. The number of nitrogens with one attached hydrogen (secondary N) is 3. The van der Waals surface area contributed by atoms with Crippen molar-refractivity contribution in [2.75, 3.05) is 11.9 Å². The van der Waals surface area contributed by atoms with Gasteiger partial charge < -0.3 is 10.1 Å². The van der Waals surface area contributed by atoms with Crippen molar-refractivity contribution in [3.63, 3.8) is 0 Å². The highest BCUT2D eigenvalue weighted by atomic mass is 16.5. The molecule has 10 nitrogen and oxygen atoms in total. The minimum atomic E-state index is -0.933. The number of imide groups is 1. The molecule has 2 aromatic carbocycles. The number of esters is 1. The monoisotopic (exact) mass is 424 g/mol. The highest BCUT2D eigenvalue weighted by Crippen LogP contribution is 2.13. The number of hydrogen-bond acceptors (Lipinski definition) is 6. The lowest BCUT2D eigenvalue weighted by atomic mass is 10.1. The van der Waals surface area contributed by atoms with Gasteiger partial charge in [-0.05, 0) is 49.2 Å². The first-order valence-electron chi connectivity index (χ1n) is 9.30. The molecule has 0 atom stereocenters. The van der Waals surface area contributed by atoms with Crippen LogP contribution in [0.15, 0.2) is 52.1 Å². The molecule has 3 aromatic rings. The fourth-order valence-corrected chi connectivity index (χ4v) is 2.82. The van der Waals surface area contributed by atoms with E-state index in [-0.39, 0.29) is 10.8 Å². The number of hydrogen-bond donors (Lipinski definition) is 3. The zero-order chi connectivity index (χ0) is 22.5. The zero-order valence-electron chi connectivity index (χ0n) is 16.9. The Bertz CT molecular complexity index is 1290. The first-order chi connectivity index (χ1) is 14.7. The van der Waals surface area contributed by atoms with Crippen LogP contribution in [0.2, 0.25) is 0 Å². The molecule has 0 spiro atoms. The third kappa shape index (κ3) is 5.24. The Kier molecular flexibility index (Phi) is 6.29. The minimum Gasteiger partial charge on any atom is -0.454 e. The molecule has 0 aliphatic rings. The Labute approximate surface area is 175 Å². The summed E-state index contributed by atoms with van der Waals surface area (Å²) >= 11 is 0. The van der Waals surface area contributed by atoms with E-state index in [0.29, 0.717) is 5.69 Å². The van der Waals surface area contributed by atoms with Crippen LogP contribution in [0.3, 0.4) is 0 Å². The van der Waals surface area contributed by atoms with Crippen molar-refractivity contribution in [2.45, 2.75) is 20.4 Å². The number of aromatic amines is 1. The number of nitrogens with zero attached hydrogens (tertiary/aromatic N) is 1. The summed E-state index contributed by atoms with van der Waals surface area (Å²) in [5.41, 5.74) is 1.42. The number of carbonyl (C=O) groups is 3. The molecule has 1 aromatic heterocycles. The second kappa shape index (κ2) is 9.08. The lowest BCUT2D eigenvalue weighted by molar-refractivity contribution is -0.149. The maximum absolute atomic E-state index is 12.4. The molecule has 0 fully saturated rings. The van der Waals surface area contributed by atoms with Crippen molar-refractivity contribution in [3.05, 3.63) is 74.3 Å². The Morgan fingerprint density at radius 2 is 1.71 bits per heavy atom. The molecule has 0 saturated carbocycles. The molecule has 10 heteroatoms. The number of benzene rings is 2. The van der Waals surface area contributed by atoms with Crippen LogP contribution in [0.1, 0.15) is 11.1 Å². The number of aromatic nitrogens is 2. The number of anilines is 1. The van der Waals surface area contributed by atoms with Gasteiger partial charge in [0.25, 0.3) is 17.0 Å². The van der Waals surface area contributed by atoms with Crippen molar-refractivity contribution in [3.8, 4) is 0 Å². The van der Waals surface area contributed by atoms with Gasteiger partial charge >= 0.3 is 12.0 Å². The number of rotatable bonds is 5. The van der Waals surface area contributed by atoms with Gasteiger partial charge in [0.05, 0.1) is 10.8 Å².